The topological polar surface area (TPSA) is 86.2 Å². The monoisotopic (exact) mass is 323 g/mol. The Bertz CT molecular complexity index is 661. The number of aromatic nitrogens is 3. The molecule has 1 unspecified atom stereocenters. The van der Waals surface area contributed by atoms with Crippen LogP contribution < -0.4 is 17.1 Å². The van der Waals surface area contributed by atoms with Gasteiger partial charge >= 0.3 is 17.1 Å². The first-order valence-corrected chi connectivity index (χ1v) is 7.75. The van der Waals surface area contributed by atoms with Crippen LogP contribution in [0, 0.1) is 5.92 Å². The van der Waals surface area contributed by atoms with Crippen LogP contribution in [0.2, 0.25) is 0 Å². The van der Waals surface area contributed by atoms with Gasteiger partial charge in [0.15, 0.2) is 0 Å². The van der Waals surface area contributed by atoms with Crippen LogP contribution in [0.3, 0.4) is 0 Å². The largest absolute Gasteiger partial charge is 0.396 e. The number of hydrogen-bond acceptors (Lipinski definition) is 4. The summed E-state index contributed by atoms with van der Waals surface area (Å²) < 4.78 is 3.20. The molecule has 1 rings (SSSR count). The lowest BCUT2D eigenvalue weighted by Gasteiger charge is -2.14. The Morgan fingerprint density at radius 2 is 1.30 bits per heavy atom. The zero-order chi connectivity index (χ0) is 17.4. The van der Waals surface area contributed by atoms with Crippen molar-refractivity contribution in [2.24, 2.45) is 5.92 Å². The van der Waals surface area contributed by atoms with Gasteiger partial charge in [0.25, 0.3) is 0 Å². The molecule has 1 aromatic rings. The fourth-order valence-corrected chi connectivity index (χ4v) is 2.14. The van der Waals surface area contributed by atoms with Crippen LogP contribution in [0.15, 0.2) is 39.7 Å². The van der Waals surface area contributed by atoms with E-state index in [-0.39, 0.29) is 32.2 Å². The third kappa shape index (κ3) is 4.66. The molecular weight excluding hydrogens is 298 g/mol. The third-order valence-electron chi connectivity index (χ3n) is 3.66. The number of nitrogens with zero attached hydrogens (tertiary/aromatic N) is 3. The van der Waals surface area contributed by atoms with E-state index in [0.717, 1.165) is 13.7 Å². The highest BCUT2D eigenvalue weighted by Gasteiger charge is 2.15. The molecule has 1 atom stereocenters. The standard InChI is InChI=1S/C16H25N3O4/c1-4-6-9-17-14(21)18(10-7-5-2)16(23)19(15(17)22)11-8-13(3)12-20/h4-5,13,20H,1-2,6-12H2,3H3. The second kappa shape index (κ2) is 9.09. The van der Waals surface area contributed by atoms with E-state index in [9.17, 15) is 14.4 Å². The fraction of sp³-hybridized carbons (Fsp3) is 0.562. The second-order valence-electron chi connectivity index (χ2n) is 5.53. The van der Waals surface area contributed by atoms with Crippen molar-refractivity contribution in [3.05, 3.63) is 56.8 Å². The molecule has 0 spiro atoms. The van der Waals surface area contributed by atoms with Crippen LogP contribution in [0.4, 0.5) is 0 Å². The van der Waals surface area contributed by atoms with Crippen molar-refractivity contribution in [1.82, 2.24) is 13.7 Å². The van der Waals surface area contributed by atoms with Crippen LogP contribution in [0.1, 0.15) is 26.2 Å². The van der Waals surface area contributed by atoms with Gasteiger partial charge in [0.1, 0.15) is 0 Å². The molecule has 1 N–H and O–H groups in total. The Balaban J connectivity index is 3.38. The fourth-order valence-electron chi connectivity index (χ4n) is 2.14. The van der Waals surface area contributed by atoms with Gasteiger partial charge in [-0.05, 0) is 25.2 Å². The zero-order valence-electron chi connectivity index (χ0n) is 13.6. The van der Waals surface area contributed by atoms with E-state index in [0.29, 0.717) is 19.3 Å². The Kier molecular flexibility index (Phi) is 7.47. The number of rotatable bonds is 10. The van der Waals surface area contributed by atoms with Gasteiger partial charge in [0.2, 0.25) is 0 Å². The van der Waals surface area contributed by atoms with Gasteiger partial charge in [-0.2, -0.15) is 0 Å². The van der Waals surface area contributed by atoms with E-state index < -0.39 is 17.1 Å². The predicted octanol–water partition coefficient (Wildman–Crippen LogP) is 0.342. The normalized spacial score (nSPS) is 12.1. The number of hydrogen-bond donors (Lipinski definition) is 1. The molecule has 0 bridgehead atoms. The molecule has 0 aliphatic carbocycles. The lowest BCUT2D eigenvalue weighted by atomic mass is 10.1. The molecule has 128 valence electrons. The molecule has 0 aromatic carbocycles. The molecule has 0 saturated heterocycles. The molecule has 23 heavy (non-hydrogen) atoms. The van der Waals surface area contributed by atoms with Gasteiger partial charge in [0, 0.05) is 26.2 Å². The third-order valence-corrected chi connectivity index (χ3v) is 3.66. The molecule has 0 fully saturated rings. The number of aliphatic hydroxyl groups is 1. The van der Waals surface area contributed by atoms with Gasteiger partial charge in [-0.25, -0.2) is 28.1 Å². The minimum absolute atomic E-state index is 0.0183. The summed E-state index contributed by atoms with van der Waals surface area (Å²) in [6.45, 7) is 9.52. The van der Waals surface area contributed by atoms with Crippen molar-refractivity contribution in [3.63, 3.8) is 0 Å². The SMILES string of the molecule is C=CCCn1c(=O)n(CCC=C)c(=O)n(CCC(C)CO)c1=O. The minimum Gasteiger partial charge on any atom is -0.396 e. The van der Waals surface area contributed by atoms with E-state index in [4.69, 9.17) is 5.11 Å². The summed E-state index contributed by atoms with van der Waals surface area (Å²) in [6, 6.07) is 0. The van der Waals surface area contributed by atoms with Crippen molar-refractivity contribution >= 4 is 0 Å². The van der Waals surface area contributed by atoms with Gasteiger partial charge in [-0.1, -0.05) is 19.1 Å². The molecule has 0 saturated carbocycles. The molecule has 1 aromatic heterocycles. The zero-order valence-corrected chi connectivity index (χ0v) is 13.6. The molecule has 0 radical (unpaired) electrons. The summed E-state index contributed by atoms with van der Waals surface area (Å²) in [5.74, 6) is -0.0310. The molecule has 7 nitrogen and oxygen atoms in total. The first-order chi connectivity index (χ1) is 11.0. The first-order valence-electron chi connectivity index (χ1n) is 7.75. The van der Waals surface area contributed by atoms with Gasteiger partial charge in [0.05, 0.1) is 0 Å². The average molecular weight is 323 g/mol. The van der Waals surface area contributed by atoms with Crippen molar-refractivity contribution in [2.45, 2.75) is 45.8 Å². The molecule has 7 heteroatoms. The lowest BCUT2D eigenvalue weighted by Crippen LogP contribution is -2.54. The maximum atomic E-state index is 12.4. The average Bonchev–Trinajstić information content (AvgIpc) is 2.54. The van der Waals surface area contributed by atoms with E-state index in [2.05, 4.69) is 13.2 Å². The molecule has 0 aliphatic rings. The Morgan fingerprint density at radius 3 is 1.65 bits per heavy atom. The quantitative estimate of drug-likeness (QED) is 0.629. The highest BCUT2D eigenvalue weighted by molar-refractivity contribution is 4.82. The van der Waals surface area contributed by atoms with Crippen LogP contribution in [0.25, 0.3) is 0 Å². The first kappa shape index (κ1) is 18.9. The highest BCUT2D eigenvalue weighted by Crippen LogP contribution is 2.00. The van der Waals surface area contributed by atoms with Crippen LogP contribution in [0.5, 0.6) is 0 Å². The summed E-state index contributed by atoms with van der Waals surface area (Å²) in [5, 5.41) is 9.09. The van der Waals surface area contributed by atoms with Gasteiger partial charge in [-0.3, -0.25) is 0 Å². The molecule has 0 amide bonds. The Morgan fingerprint density at radius 1 is 0.913 bits per heavy atom. The number of aliphatic hydroxyl groups excluding tert-OH is 1. The van der Waals surface area contributed by atoms with E-state index in [1.807, 2.05) is 6.92 Å². The molecule has 0 aliphatic heterocycles. The predicted molar refractivity (Wildman–Crippen MR) is 89.7 cm³/mol. The second-order valence-corrected chi connectivity index (χ2v) is 5.53. The van der Waals surface area contributed by atoms with Gasteiger partial charge in [-0.15, -0.1) is 13.2 Å². The van der Waals surface area contributed by atoms with Gasteiger partial charge < -0.3 is 5.11 Å². The van der Waals surface area contributed by atoms with Crippen LogP contribution in [-0.2, 0) is 19.6 Å². The molecule has 1 heterocycles. The van der Waals surface area contributed by atoms with Crippen molar-refractivity contribution in [3.8, 4) is 0 Å². The van der Waals surface area contributed by atoms with Crippen molar-refractivity contribution < 1.29 is 5.11 Å². The van der Waals surface area contributed by atoms with E-state index >= 15 is 0 Å². The lowest BCUT2D eigenvalue weighted by molar-refractivity contribution is 0.223. The summed E-state index contributed by atoms with van der Waals surface area (Å²) in [4.78, 5) is 37.3. The van der Waals surface area contributed by atoms with Crippen LogP contribution in [-0.4, -0.2) is 25.4 Å². The van der Waals surface area contributed by atoms with E-state index in [1.54, 1.807) is 12.2 Å². The number of allylic oxidation sites excluding steroid dienone is 2. The maximum absolute atomic E-state index is 12.4. The Hall–Kier alpha value is -2.15. The van der Waals surface area contributed by atoms with E-state index in [1.165, 1.54) is 0 Å². The maximum Gasteiger partial charge on any atom is 0.336 e. The highest BCUT2D eigenvalue weighted by atomic mass is 16.3. The summed E-state index contributed by atoms with van der Waals surface area (Å²) in [5.41, 5.74) is -1.82. The summed E-state index contributed by atoms with van der Waals surface area (Å²) in [7, 11) is 0. The van der Waals surface area contributed by atoms with Crippen LogP contribution >= 0.6 is 0 Å². The minimum atomic E-state index is -0.609. The Labute approximate surface area is 134 Å². The van der Waals surface area contributed by atoms with Crippen molar-refractivity contribution in [2.75, 3.05) is 6.61 Å². The summed E-state index contributed by atoms with van der Waals surface area (Å²) in [6.07, 6.45) is 4.63. The smallest absolute Gasteiger partial charge is 0.336 e. The summed E-state index contributed by atoms with van der Waals surface area (Å²) >= 11 is 0. The van der Waals surface area contributed by atoms with Crippen molar-refractivity contribution in [1.29, 1.82) is 0 Å². The molecular formula is C16H25N3O4.